The zero-order valence-corrected chi connectivity index (χ0v) is 17.0. The lowest BCUT2D eigenvalue weighted by Gasteiger charge is -2.18. The third kappa shape index (κ3) is 7.74. The van der Waals surface area contributed by atoms with Crippen molar-refractivity contribution in [1.29, 1.82) is 0 Å². The third-order valence-electron chi connectivity index (χ3n) is 3.55. The standard InChI is InChI=1S/C19H27BrO6/c1-3-6-16-17(26-13-18(22)23)8-7-15(14(2)21)19(16)25-12-5-11-24-10-4-9-20/h7-8H,3-6,9-13H2,1-2H3,(H,22,23). The van der Waals surface area contributed by atoms with Gasteiger partial charge in [-0.1, -0.05) is 29.3 Å². The molecule has 0 unspecified atom stereocenters. The Morgan fingerprint density at radius 3 is 2.46 bits per heavy atom. The van der Waals surface area contributed by atoms with Crippen LogP contribution in [0.25, 0.3) is 0 Å². The van der Waals surface area contributed by atoms with Gasteiger partial charge in [0.1, 0.15) is 11.5 Å². The summed E-state index contributed by atoms with van der Waals surface area (Å²) in [5, 5.41) is 9.75. The Morgan fingerprint density at radius 2 is 1.85 bits per heavy atom. The van der Waals surface area contributed by atoms with E-state index in [0.29, 0.717) is 49.7 Å². The van der Waals surface area contributed by atoms with E-state index in [4.69, 9.17) is 19.3 Å². The van der Waals surface area contributed by atoms with Gasteiger partial charge >= 0.3 is 5.97 Å². The van der Waals surface area contributed by atoms with Gasteiger partial charge in [0.15, 0.2) is 12.4 Å². The van der Waals surface area contributed by atoms with Crippen molar-refractivity contribution in [2.24, 2.45) is 0 Å². The van der Waals surface area contributed by atoms with Crippen LogP contribution in [0.15, 0.2) is 12.1 Å². The van der Waals surface area contributed by atoms with Crippen molar-refractivity contribution in [3.63, 3.8) is 0 Å². The van der Waals surface area contributed by atoms with E-state index in [2.05, 4.69) is 15.9 Å². The molecule has 1 N–H and O–H groups in total. The van der Waals surface area contributed by atoms with E-state index in [9.17, 15) is 9.59 Å². The van der Waals surface area contributed by atoms with Gasteiger partial charge in [-0.15, -0.1) is 0 Å². The molecule has 0 aromatic heterocycles. The largest absolute Gasteiger partial charge is 0.492 e. The van der Waals surface area contributed by atoms with Crippen LogP contribution in [0.5, 0.6) is 11.5 Å². The molecule has 0 saturated carbocycles. The minimum absolute atomic E-state index is 0.101. The fraction of sp³-hybridized carbons (Fsp3) is 0.579. The Kier molecular flexibility index (Phi) is 11.0. The van der Waals surface area contributed by atoms with E-state index in [1.165, 1.54) is 6.92 Å². The first kappa shape index (κ1) is 22.4. The highest BCUT2D eigenvalue weighted by atomic mass is 79.9. The van der Waals surface area contributed by atoms with Crippen LogP contribution in [0, 0.1) is 0 Å². The number of ketones is 1. The first-order valence-corrected chi connectivity index (χ1v) is 9.91. The number of carbonyl (C=O) groups is 2. The summed E-state index contributed by atoms with van der Waals surface area (Å²) < 4.78 is 16.8. The molecule has 7 heteroatoms. The average molecular weight is 431 g/mol. The fourth-order valence-corrected chi connectivity index (χ4v) is 2.64. The first-order chi connectivity index (χ1) is 12.5. The number of benzene rings is 1. The van der Waals surface area contributed by atoms with Crippen molar-refractivity contribution in [1.82, 2.24) is 0 Å². The van der Waals surface area contributed by atoms with Crippen LogP contribution >= 0.6 is 15.9 Å². The van der Waals surface area contributed by atoms with E-state index in [1.807, 2.05) is 6.92 Å². The lowest BCUT2D eigenvalue weighted by atomic mass is 10.0. The second-order valence-electron chi connectivity index (χ2n) is 5.76. The maximum absolute atomic E-state index is 12.0. The molecule has 0 heterocycles. The lowest BCUT2D eigenvalue weighted by molar-refractivity contribution is -0.139. The summed E-state index contributed by atoms with van der Waals surface area (Å²) in [5.41, 5.74) is 1.22. The summed E-state index contributed by atoms with van der Waals surface area (Å²) in [6.45, 7) is 4.75. The third-order valence-corrected chi connectivity index (χ3v) is 4.11. The van der Waals surface area contributed by atoms with Crippen LogP contribution in [0.4, 0.5) is 0 Å². The van der Waals surface area contributed by atoms with Gasteiger partial charge in [0.05, 0.1) is 12.2 Å². The SMILES string of the molecule is CCCc1c(OCC(=O)O)ccc(C(C)=O)c1OCCCOCCCBr. The molecular formula is C19H27BrO6. The van der Waals surface area contributed by atoms with Crippen molar-refractivity contribution in [3.05, 3.63) is 23.3 Å². The number of hydrogen-bond donors (Lipinski definition) is 1. The molecule has 0 fully saturated rings. The van der Waals surface area contributed by atoms with Crippen LogP contribution in [-0.4, -0.2) is 48.6 Å². The molecule has 0 bridgehead atoms. The van der Waals surface area contributed by atoms with Crippen LogP contribution < -0.4 is 9.47 Å². The summed E-state index contributed by atoms with van der Waals surface area (Å²) in [6, 6.07) is 3.27. The highest BCUT2D eigenvalue weighted by Gasteiger charge is 2.18. The molecule has 0 spiro atoms. The zero-order valence-electron chi connectivity index (χ0n) is 15.4. The normalized spacial score (nSPS) is 10.6. The molecule has 0 aliphatic carbocycles. The first-order valence-electron chi connectivity index (χ1n) is 8.79. The van der Waals surface area contributed by atoms with Crippen molar-refractivity contribution >= 4 is 27.7 Å². The number of rotatable bonds is 14. The smallest absolute Gasteiger partial charge is 0.341 e. The Morgan fingerprint density at radius 1 is 1.12 bits per heavy atom. The summed E-state index contributed by atoms with van der Waals surface area (Å²) in [5.74, 6) is -0.215. The maximum atomic E-state index is 12.0. The summed E-state index contributed by atoms with van der Waals surface area (Å²) in [7, 11) is 0. The van der Waals surface area contributed by atoms with Gasteiger partial charge in [-0.25, -0.2) is 4.79 Å². The van der Waals surface area contributed by atoms with Crippen molar-refractivity contribution in [3.8, 4) is 11.5 Å². The summed E-state index contributed by atoms with van der Waals surface area (Å²) >= 11 is 3.35. The minimum Gasteiger partial charge on any atom is -0.492 e. The van der Waals surface area contributed by atoms with Gasteiger partial charge in [0.2, 0.25) is 0 Å². The van der Waals surface area contributed by atoms with Crippen LogP contribution in [0.3, 0.4) is 0 Å². The predicted octanol–water partition coefficient (Wildman–Crippen LogP) is 3.88. The fourth-order valence-electron chi connectivity index (χ4n) is 2.41. The monoisotopic (exact) mass is 430 g/mol. The Hall–Kier alpha value is -1.60. The molecule has 1 aromatic rings. The lowest BCUT2D eigenvalue weighted by Crippen LogP contribution is -2.13. The number of halogens is 1. The number of alkyl halides is 1. The maximum Gasteiger partial charge on any atom is 0.341 e. The second-order valence-corrected chi connectivity index (χ2v) is 6.56. The van der Waals surface area contributed by atoms with Crippen LogP contribution in [-0.2, 0) is 16.0 Å². The second kappa shape index (κ2) is 12.7. The van der Waals surface area contributed by atoms with E-state index < -0.39 is 12.6 Å². The average Bonchev–Trinajstić information content (AvgIpc) is 2.60. The number of ether oxygens (including phenoxy) is 3. The molecule has 1 rings (SSSR count). The summed E-state index contributed by atoms with van der Waals surface area (Å²) in [6.07, 6.45) is 3.11. The molecule has 0 amide bonds. The van der Waals surface area contributed by atoms with E-state index in [-0.39, 0.29) is 5.78 Å². The van der Waals surface area contributed by atoms with E-state index in [0.717, 1.165) is 23.7 Å². The molecule has 0 radical (unpaired) electrons. The highest BCUT2D eigenvalue weighted by molar-refractivity contribution is 9.09. The van der Waals surface area contributed by atoms with Gasteiger partial charge in [-0.2, -0.15) is 0 Å². The van der Waals surface area contributed by atoms with Gasteiger partial charge in [0.25, 0.3) is 0 Å². The topological polar surface area (TPSA) is 82.1 Å². The number of hydrogen-bond acceptors (Lipinski definition) is 5. The van der Waals surface area contributed by atoms with Crippen molar-refractivity contribution < 1.29 is 28.9 Å². The molecule has 1 aromatic carbocycles. The molecule has 146 valence electrons. The quantitative estimate of drug-likeness (QED) is 0.274. The Labute approximate surface area is 163 Å². The molecule has 26 heavy (non-hydrogen) atoms. The zero-order chi connectivity index (χ0) is 19.4. The van der Waals surface area contributed by atoms with Gasteiger partial charge in [0, 0.05) is 30.5 Å². The van der Waals surface area contributed by atoms with E-state index >= 15 is 0 Å². The molecular weight excluding hydrogens is 404 g/mol. The Bertz CT molecular complexity index is 588. The number of carboxylic acid groups (broad SMARTS) is 1. The van der Waals surface area contributed by atoms with E-state index in [1.54, 1.807) is 12.1 Å². The minimum atomic E-state index is -1.05. The van der Waals surface area contributed by atoms with Gasteiger partial charge in [-0.3, -0.25) is 4.79 Å². The number of Topliss-reactive ketones (excluding diaryl/α,β-unsaturated/α-hetero) is 1. The number of aliphatic carboxylic acids is 1. The van der Waals surface area contributed by atoms with Crippen molar-refractivity contribution in [2.45, 2.75) is 39.5 Å². The summed E-state index contributed by atoms with van der Waals surface area (Å²) in [4.78, 5) is 22.8. The van der Waals surface area contributed by atoms with Gasteiger partial charge in [-0.05, 0) is 31.9 Å². The predicted molar refractivity (Wildman–Crippen MR) is 103 cm³/mol. The highest BCUT2D eigenvalue weighted by Crippen LogP contribution is 2.34. The van der Waals surface area contributed by atoms with Crippen molar-refractivity contribution in [2.75, 3.05) is 31.8 Å². The molecule has 0 aliphatic heterocycles. The Balaban J connectivity index is 2.87. The number of carboxylic acids is 1. The molecule has 0 atom stereocenters. The van der Waals surface area contributed by atoms with Crippen LogP contribution in [0.2, 0.25) is 0 Å². The molecule has 6 nitrogen and oxygen atoms in total. The van der Waals surface area contributed by atoms with Crippen LogP contribution in [0.1, 0.15) is 49.0 Å². The molecule has 0 saturated heterocycles. The molecule has 0 aliphatic rings. The van der Waals surface area contributed by atoms with Gasteiger partial charge < -0.3 is 19.3 Å². The number of carbonyl (C=O) groups excluding carboxylic acids is 1.